The summed E-state index contributed by atoms with van der Waals surface area (Å²) >= 11 is 1.95. The van der Waals surface area contributed by atoms with Gasteiger partial charge in [-0.3, -0.25) is 10.1 Å². The molecule has 20 heavy (non-hydrogen) atoms. The van der Waals surface area contributed by atoms with Gasteiger partial charge in [0.1, 0.15) is 11.6 Å². The van der Waals surface area contributed by atoms with E-state index in [9.17, 15) is 18.9 Å². The van der Waals surface area contributed by atoms with Gasteiger partial charge in [-0.15, -0.1) is 0 Å². The molecule has 6 nitrogen and oxygen atoms in total. The fourth-order valence-electron chi connectivity index (χ4n) is 1.55. The highest BCUT2D eigenvalue weighted by Gasteiger charge is 2.24. The molecular weight excluding hydrogens is 385 g/mol. The van der Waals surface area contributed by atoms with Crippen molar-refractivity contribution in [3.8, 4) is 11.4 Å². The minimum Gasteiger partial charge on any atom is -0.372 e. The van der Waals surface area contributed by atoms with Crippen molar-refractivity contribution in [2.45, 2.75) is 0 Å². The van der Waals surface area contributed by atoms with Crippen LogP contribution in [0.25, 0.3) is 11.4 Å². The van der Waals surface area contributed by atoms with Crippen LogP contribution in [0.1, 0.15) is 0 Å². The normalized spacial score (nSPS) is 10.4. The molecule has 0 amide bonds. The zero-order valence-corrected chi connectivity index (χ0v) is 12.2. The van der Waals surface area contributed by atoms with Crippen molar-refractivity contribution in [1.29, 1.82) is 0 Å². The standard InChI is InChI=1S/C11H7F2IN4O2/c1-15-10-6(14)4-16-11(17-10)8-5(12)2-3-7(9(8)13)18(19)20/h2-4H,1H3,(H,15,16,17). The van der Waals surface area contributed by atoms with Gasteiger partial charge in [-0.1, -0.05) is 0 Å². The fourth-order valence-corrected chi connectivity index (χ4v) is 2.08. The molecule has 1 N–H and O–H groups in total. The highest BCUT2D eigenvalue weighted by atomic mass is 127. The average molecular weight is 392 g/mol. The lowest BCUT2D eigenvalue weighted by molar-refractivity contribution is -0.387. The first-order chi connectivity index (χ1) is 9.45. The Morgan fingerprint density at radius 1 is 1.40 bits per heavy atom. The number of nitrogens with zero attached hydrogens (tertiary/aromatic N) is 3. The minimum absolute atomic E-state index is 0.256. The zero-order chi connectivity index (χ0) is 14.9. The topological polar surface area (TPSA) is 81.0 Å². The summed E-state index contributed by atoms with van der Waals surface area (Å²) in [6.07, 6.45) is 1.37. The van der Waals surface area contributed by atoms with E-state index in [1.54, 1.807) is 7.05 Å². The summed E-state index contributed by atoms with van der Waals surface area (Å²) in [5.74, 6) is -2.14. The Bertz CT molecular complexity index is 696. The Hall–Kier alpha value is -1.91. The van der Waals surface area contributed by atoms with E-state index in [2.05, 4.69) is 15.3 Å². The lowest BCUT2D eigenvalue weighted by Crippen LogP contribution is -2.03. The van der Waals surface area contributed by atoms with Gasteiger partial charge < -0.3 is 5.32 Å². The summed E-state index contributed by atoms with van der Waals surface area (Å²) in [5.41, 5.74) is -1.44. The second-order valence-electron chi connectivity index (χ2n) is 3.65. The number of halogens is 3. The number of nitrogens with one attached hydrogen (secondary N) is 1. The molecule has 0 aliphatic carbocycles. The number of anilines is 1. The van der Waals surface area contributed by atoms with Crippen molar-refractivity contribution in [2.75, 3.05) is 12.4 Å². The third kappa shape index (κ3) is 2.53. The summed E-state index contributed by atoms with van der Waals surface area (Å²) in [4.78, 5) is 17.5. The maximum absolute atomic E-state index is 14.0. The average Bonchev–Trinajstić information content (AvgIpc) is 2.40. The Morgan fingerprint density at radius 3 is 2.70 bits per heavy atom. The molecule has 0 saturated heterocycles. The molecule has 2 aromatic rings. The summed E-state index contributed by atoms with van der Waals surface area (Å²) in [6.45, 7) is 0. The molecule has 1 aromatic heterocycles. The molecule has 9 heteroatoms. The number of hydrogen-bond acceptors (Lipinski definition) is 5. The van der Waals surface area contributed by atoms with Crippen LogP contribution in [-0.4, -0.2) is 21.9 Å². The van der Waals surface area contributed by atoms with E-state index in [4.69, 9.17) is 0 Å². The van der Waals surface area contributed by atoms with Crippen molar-refractivity contribution in [2.24, 2.45) is 0 Å². The van der Waals surface area contributed by atoms with E-state index in [1.165, 1.54) is 6.20 Å². The van der Waals surface area contributed by atoms with Crippen molar-refractivity contribution in [3.05, 3.63) is 43.6 Å². The van der Waals surface area contributed by atoms with Crippen molar-refractivity contribution >= 4 is 34.1 Å². The van der Waals surface area contributed by atoms with Crippen LogP contribution in [-0.2, 0) is 0 Å². The number of hydrogen-bond donors (Lipinski definition) is 1. The smallest absolute Gasteiger partial charge is 0.305 e. The van der Waals surface area contributed by atoms with Crippen LogP contribution in [0.15, 0.2) is 18.3 Å². The van der Waals surface area contributed by atoms with Crippen LogP contribution < -0.4 is 5.32 Å². The highest BCUT2D eigenvalue weighted by molar-refractivity contribution is 14.1. The molecule has 0 spiro atoms. The second kappa shape index (κ2) is 5.61. The van der Waals surface area contributed by atoms with E-state index < -0.39 is 27.8 Å². The first-order valence-electron chi connectivity index (χ1n) is 5.28. The first-order valence-corrected chi connectivity index (χ1v) is 6.36. The van der Waals surface area contributed by atoms with E-state index in [-0.39, 0.29) is 5.82 Å². The van der Waals surface area contributed by atoms with Crippen molar-refractivity contribution in [3.63, 3.8) is 0 Å². The maximum Gasteiger partial charge on any atom is 0.305 e. The molecule has 1 aromatic carbocycles. The molecule has 0 aliphatic rings. The Morgan fingerprint density at radius 2 is 2.10 bits per heavy atom. The Kier molecular flexibility index (Phi) is 4.06. The number of nitro groups is 1. The van der Waals surface area contributed by atoms with E-state index in [0.29, 0.717) is 9.39 Å². The minimum atomic E-state index is -1.29. The maximum atomic E-state index is 14.0. The Balaban J connectivity index is 2.69. The van der Waals surface area contributed by atoms with Gasteiger partial charge in [-0.2, -0.15) is 4.39 Å². The largest absolute Gasteiger partial charge is 0.372 e. The number of benzene rings is 1. The fraction of sp³-hybridized carbons (Fsp3) is 0.0909. The summed E-state index contributed by atoms with van der Waals surface area (Å²) < 4.78 is 28.4. The monoisotopic (exact) mass is 392 g/mol. The van der Waals surface area contributed by atoms with E-state index in [1.807, 2.05) is 22.6 Å². The predicted octanol–water partition coefficient (Wildman–Crippen LogP) is 2.98. The van der Waals surface area contributed by atoms with Gasteiger partial charge in [-0.05, 0) is 28.7 Å². The molecule has 1 heterocycles. The number of nitro benzene ring substituents is 1. The number of aromatic nitrogens is 2. The highest BCUT2D eigenvalue weighted by Crippen LogP contribution is 2.30. The van der Waals surface area contributed by atoms with Crippen molar-refractivity contribution < 1.29 is 13.7 Å². The molecule has 0 fully saturated rings. The quantitative estimate of drug-likeness (QED) is 0.494. The predicted molar refractivity (Wildman–Crippen MR) is 76.3 cm³/mol. The van der Waals surface area contributed by atoms with Crippen LogP contribution in [0.3, 0.4) is 0 Å². The van der Waals surface area contributed by atoms with Crippen LogP contribution in [0.2, 0.25) is 0 Å². The molecule has 2 rings (SSSR count). The molecule has 0 aliphatic heterocycles. The lowest BCUT2D eigenvalue weighted by atomic mass is 10.1. The third-order valence-electron chi connectivity index (χ3n) is 2.47. The zero-order valence-electron chi connectivity index (χ0n) is 10.0. The molecule has 104 valence electrons. The van der Waals surface area contributed by atoms with Crippen LogP contribution >= 0.6 is 22.6 Å². The Labute approximate surface area is 125 Å². The first kappa shape index (κ1) is 14.5. The SMILES string of the molecule is CNc1nc(-c2c(F)ccc([N+](=O)[O-])c2F)ncc1I. The van der Waals surface area contributed by atoms with E-state index >= 15 is 0 Å². The molecule has 0 saturated carbocycles. The van der Waals surface area contributed by atoms with Gasteiger partial charge in [0.15, 0.2) is 5.82 Å². The van der Waals surface area contributed by atoms with E-state index in [0.717, 1.165) is 12.1 Å². The molecular formula is C11H7F2IN4O2. The molecule has 0 bridgehead atoms. The molecule has 0 unspecified atom stereocenters. The third-order valence-corrected chi connectivity index (χ3v) is 3.26. The van der Waals surface area contributed by atoms with Crippen molar-refractivity contribution in [1.82, 2.24) is 9.97 Å². The van der Waals surface area contributed by atoms with Crippen LogP contribution in [0.4, 0.5) is 20.3 Å². The van der Waals surface area contributed by atoms with Crippen LogP contribution in [0, 0.1) is 25.3 Å². The van der Waals surface area contributed by atoms with Gasteiger partial charge in [-0.25, -0.2) is 14.4 Å². The number of rotatable bonds is 3. The van der Waals surface area contributed by atoms with Crippen LogP contribution in [0.5, 0.6) is 0 Å². The summed E-state index contributed by atoms with van der Waals surface area (Å²) in [6, 6.07) is 1.58. The molecule has 0 atom stereocenters. The van der Waals surface area contributed by atoms with Gasteiger partial charge >= 0.3 is 5.69 Å². The second-order valence-corrected chi connectivity index (χ2v) is 4.81. The van der Waals surface area contributed by atoms with Gasteiger partial charge in [0.05, 0.1) is 14.1 Å². The van der Waals surface area contributed by atoms with Gasteiger partial charge in [0.2, 0.25) is 5.82 Å². The summed E-state index contributed by atoms with van der Waals surface area (Å²) in [5, 5.41) is 13.4. The lowest BCUT2D eigenvalue weighted by Gasteiger charge is -2.07. The van der Waals surface area contributed by atoms with Gasteiger partial charge in [0, 0.05) is 19.3 Å². The summed E-state index contributed by atoms with van der Waals surface area (Å²) in [7, 11) is 1.59. The van der Waals surface area contributed by atoms with Gasteiger partial charge in [0.25, 0.3) is 0 Å². The molecule has 0 radical (unpaired) electrons.